The first-order valence-corrected chi connectivity index (χ1v) is 5.81. The fourth-order valence-corrected chi connectivity index (χ4v) is 2.05. The molecule has 0 aliphatic heterocycles. The van der Waals surface area contributed by atoms with Gasteiger partial charge in [-0.25, -0.2) is 9.97 Å². The number of ether oxygens (including phenoxy) is 1. The third-order valence-corrected chi connectivity index (χ3v) is 3.03. The van der Waals surface area contributed by atoms with Crippen LogP contribution in [0.2, 0.25) is 0 Å². The van der Waals surface area contributed by atoms with E-state index in [0.29, 0.717) is 12.4 Å². The highest BCUT2D eigenvalue weighted by Gasteiger charge is 2.03. The molecule has 5 heteroatoms. The Morgan fingerprint density at radius 3 is 3.06 bits per heavy atom. The molecule has 2 heterocycles. The van der Waals surface area contributed by atoms with E-state index >= 15 is 0 Å². The first kappa shape index (κ1) is 10.9. The number of hydrogen-bond acceptors (Lipinski definition) is 5. The van der Waals surface area contributed by atoms with Crippen LogP contribution in [-0.4, -0.2) is 17.1 Å². The van der Waals surface area contributed by atoms with Crippen molar-refractivity contribution in [2.45, 2.75) is 13.5 Å². The molecule has 0 aliphatic carbocycles. The van der Waals surface area contributed by atoms with Gasteiger partial charge in [0.15, 0.2) is 0 Å². The van der Waals surface area contributed by atoms with Crippen LogP contribution in [0.15, 0.2) is 23.7 Å². The van der Waals surface area contributed by atoms with Gasteiger partial charge in [0.2, 0.25) is 5.88 Å². The van der Waals surface area contributed by atoms with E-state index in [0.717, 1.165) is 16.4 Å². The lowest BCUT2D eigenvalue weighted by atomic mass is 10.4. The number of aromatic nitrogens is 2. The number of nitrogens with zero attached hydrogens (tertiary/aromatic N) is 2. The molecule has 16 heavy (non-hydrogen) atoms. The SMILES string of the molecule is COc1ncccc1NCc1nc(C)cs1. The first-order valence-electron chi connectivity index (χ1n) is 4.93. The first-order chi connectivity index (χ1) is 7.79. The lowest BCUT2D eigenvalue weighted by molar-refractivity contribution is 0.399. The third kappa shape index (κ3) is 2.49. The average Bonchev–Trinajstić information content (AvgIpc) is 2.73. The topological polar surface area (TPSA) is 47.0 Å². The Hall–Kier alpha value is -1.62. The van der Waals surface area contributed by atoms with Gasteiger partial charge in [-0.1, -0.05) is 0 Å². The second-order valence-electron chi connectivity index (χ2n) is 3.30. The predicted octanol–water partition coefficient (Wildman–Crippen LogP) is 2.47. The van der Waals surface area contributed by atoms with E-state index in [1.807, 2.05) is 24.4 Å². The van der Waals surface area contributed by atoms with Gasteiger partial charge in [-0.2, -0.15) is 0 Å². The predicted molar refractivity (Wildman–Crippen MR) is 65.0 cm³/mol. The van der Waals surface area contributed by atoms with Crippen LogP contribution in [0.5, 0.6) is 5.88 Å². The van der Waals surface area contributed by atoms with E-state index in [-0.39, 0.29) is 0 Å². The molecule has 0 spiro atoms. The molecule has 0 aliphatic rings. The molecule has 0 amide bonds. The van der Waals surface area contributed by atoms with E-state index in [9.17, 15) is 0 Å². The van der Waals surface area contributed by atoms with Crippen LogP contribution in [0.1, 0.15) is 10.7 Å². The second-order valence-corrected chi connectivity index (χ2v) is 4.24. The van der Waals surface area contributed by atoms with Gasteiger partial charge in [0.05, 0.1) is 19.3 Å². The quantitative estimate of drug-likeness (QED) is 0.884. The molecule has 1 N–H and O–H groups in total. The highest BCUT2D eigenvalue weighted by molar-refractivity contribution is 7.09. The Morgan fingerprint density at radius 1 is 1.50 bits per heavy atom. The maximum absolute atomic E-state index is 5.15. The standard InChI is InChI=1S/C11H13N3OS/c1-8-7-16-10(14-8)6-13-9-4-3-5-12-11(9)15-2/h3-5,7,13H,6H2,1-2H3. The van der Waals surface area contributed by atoms with Crippen molar-refractivity contribution >= 4 is 17.0 Å². The maximum atomic E-state index is 5.15. The zero-order chi connectivity index (χ0) is 11.4. The second kappa shape index (κ2) is 4.94. The number of hydrogen-bond donors (Lipinski definition) is 1. The van der Waals surface area contributed by atoms with Crippen LogP contribution in [0.25, 0.3) is 0 Å². The molecule has 0 saturated heterocycles. The van der Waals surface area contributed by atoms with E-state index < -0.39 is 0 Å². The van der Waals surface area contributed by atoms with Crippen molar-refractivity contribution in [3.63, 3.8) is 0 Å². The number of aryl methyl sites for hydroxylation is 1. The van der Waals surface area contributed by atoms with E-state index in [1.54, 1.807) is 24.6 Å². The highest BCUT2D eigenvalue weighted by Crippen LogP contribution is 2.21. The fourth-order valence-electron chi connectivity index (χ4n) is 1.34. The normalized spacial score (nSPS) is 10.1. The van der Waals surface area contributed by atoms with Crippen molar-refractivity contribution in [2.24, 2.45) is 0 Å². The zero-order valence-electron chi connectivity index (χ0n) is 9.23. The van der Waals surface area contributed by atoms with E-state index in [1.165, 1.54) is 0 Å². The van der Waals surface area contributed by atoms with Crippen LogP contribution in [-0.2, 0) is 6.54 Å². The van der Waals surface area contributed by atoms with Crippen LogP contribution >= 0.6 is 11.3 Å². The molecule has 4 nitrogen and oxygen atoms in total. The van der Waals surface area contributed by atoms with Gasteiger partial charge in [-0.15, -0.1) is 11.3 Å². The van der Waals surface area contributed by atoms with Crippen LogP contribution in [0, 0.1) is 6.92 Å². The van der Waals surface area contributed by atoms with Gasteiger partial charge in [0, 0.05) is 17.3 Å². The summed E-state index contributed by atoms with van der Waals surface area (Å²) in [6.07, 6.45) is 1.71. The number of nitrogens with one attached hydrogen (secondary N) is 1. The smallest absolute Gasteiger partial charge is 0.237 e. The lowest BCUT2D eigenvalue weighted by Crippen LogP contribution is -2.01. The summed E-state index contributed by atoms with van der Waals surface area (Å²) in [5.41, 5.74) is 1.94. The monoisotopic (exact) mass is 235 g/mol. The van der Waals surface area contributed by atoms with Crippen molar-refractivity contribution in [2.75, 3.05) is 12.4 Å². The van der Waals surface area contributed by atoms with Gasteiger partial charge in [-0.05, 0) is 19.1 Å². The third-order valence-electron chi connectivity index (χ3n) is 2.06. The number of rotatable bonds is 4. The van der Waals surface area contributed by atoms with Gasteiger partial charge < -0.3 is 10.1 Å². The molecular formula is C11H13N3OS. The van der Waals surface area contributed by atoms with Gasteiger partial charge >= 0.3 is 0 Å². The summed E-state index contributed by atoms with van der Waals surface area (Å²) < 4.78 is 5.15. The van der Waals surface area contributed by atoms with Crippen molar-refractivity contribution in [1.29, 1.82) is 0 Å². The van der Waals surface area contributed by atoms with Crippen molar-refractivity contribution < 1.29 is 4.74 Å². The lowest BCUT2D eigenvalue weighted by Gasteiger charge is -2.07. The number of pyridine rings is 1. The maximum Gasteiger partial charge on any atom is 0.237 e. The fraction of sp³-hybridized carbons (Fsp3) is 0.273. The molecular weight excluding hydrogens is 222 g/mol. The summed E-state index contributed by atoms with van der Waals surface area (Å²) in [5.74, 6) is 0.607. The Morgan fingerprint density at radius 2 is 2.38 bits per heavy atom. The molecule has 0 unspecified atom stereocenters. The summed E-state index contributed by atoms with van der Waals surface area (Å²) in [6, 6.07) is 3.81. The van der Waals surface area contributed by atoms with Crippen LogP contribution in [0.4, 0.5) is 5.69 Å². The molecule has 84 valence electrons. The number of anilines is 1. The van der Waals surface area contributed by atoms with Gasteiger partial charge in [0.1, 0.15) is 5.01 Å². The van der Waals surface area contributed by atoms with Gasteiger partial charge in [-0.3, -0.25) is 0 Å². The Balaban J connectivity index is 2.04. The van der Waals surface area contributed by atoms with Crippen LogP contribution < -0.4 is 10.1 Å². The summed E-state index contributed by atoms with van der Waals surface area (Å²) in [6.45, 7) is 2.69. The Labute approximate surface area is 98.3 Å². The summed E-state index contributed by atoms with van der Waals surface area (Å²) >= 11 is 1.65. The molecule has 2 aromatic rings. The van der Waals surface area contributed by atoms with E-state index in [4.69, 9.17) is 4.74 Å². The molecule has 0 saturated carbocycles. The number of methoxy groups -OCH3 is 1. The summed E-state index contributed by atoms with van der Waals surface area (Å²) in [4.78, 5) is 8.49. The molecule has 0 aromatic carbocycles. The largest absolute Gasteiger partial charge is 0.480 e. The van der Waals surface area contributed by atoms with Gasteiger partial charge in [0.25, 0.3) is 0 Å². The van der Waals surface area contributed by atoms with Crippen molar-refractivity contribution in [3.8, 4) is 5.88 Å². The minimum absolute atomic E-state index is 0.607. The molecule has 0 bridgehead atoms. The zero-order valence-corrected chi connectivity index (χ0v) is 10.0. The van der Waals surface area contributed by atoms with Crippen molar-refractivity contribution in [3.05, 3.63) is 34.4 Å². The average molecular weight is 235 g/mol. The minimum Gasteiger partial charge on any atom is -0.480 e. The minimum atomic E-state index is 0.607. The molecule has 2 rings (SSSR count). The molecule has 0 atom stereocenters. The molecule has 0 radical (unpaired) electrons. The highest BCUT2D eigenvalue weighted by atomic mass is 32.1. The van der Waals surface area contributed by atoms with Crippen molar-refractivity contribution in [1.82, 2.24) is 9.97 Å². The Bertz CT molecular complexity index is 470. The molecule has 2 aromatic heterocycles. The molecule has 0 fully saturated rings. The van der Waals surface area contributed by atoms with E-state index in [2.05, 4.69) is 15.3 Å². The summed E-state index contributed by atoms with van der Waals surface area (Å²) in [7, 11) is 1.61. The summed E-state index contributed by atoms with van der Waals surface area (Å²) in [5, 5.41) is 6.35. The Kier molecular flexibility index (Phi) is 3.36. The van der Waals surface area contributed by atoms with Crippen LogP contribution in [0.3, 0.4) is 0 Å². The number of thiazole rings is 1.